The molecular weight excluding hydrogens is 398 g/mol. The van der Waals surface area contributed by atoms with E-state index in [1.165, 1.54) is 10.4 Å². The third-order valence-corrected chi connectivity index (χ3v) is 7.54. The van der Waals surface area contributed by atoms with Gasteiger partial charge in [-0.25, -0.2) is 8.42 Å². The summed E-state index contributed by atoms with van der Waals surface area (Å²) in [5, 5.41) is 9.51. The normalized spacial score (nSPS) is 12.0. The van der Waals surface area contributed by atoms with Gasteiger partial charge in [0.2, 0.25) is 0 Å². The third kappa shape index (κ3) is 4.06. The first-order valence-corrected chi connectivity index (χ1v) is 9.47. The lowest BCUT2D eigenvalue weighted by Gasteiger charge is -2.20. The molecule has 0 aliphatic heterocycles. The standard InChI is InChI=1S/C13H13BrClNO3S2/c14-13-11(15)8-12(20-13)21(18,19)16(6-7-17)9-10-4-2-1-3-5-10/h1-5,8,17H,6-7,9H2. The van der Waals surface area contributed by atoms with E-state index in [4.69, 9.17) is 16.7 Å². The zero-order valence-corrected chi connectivity index (χ0v) is 14.8. The highest BCUT2D eigenvalue weighted by molar-refractivity contribution is 9.11. The van der Waals surface area contributed by atoms with Gasteiger partial charge in [0.1, 0.15) is 4.21 Å². The molecule has 0 unspecified atom stereocenters. The van der Waals surface area contributed by atoms with Crippen LogP contribution in [0.2, 0.25) is 5.02 Å². The smallest absolute Gasteiger partial charge is 0.253 e. The Morgan fingerprint density at radius 3 is 2.48 bits per heavy atom. The van der Waals surface area contributed by atoms with Crippen molar-refractivity contribution in [2.24, 2.45) is 0 Å². The maximum atomic E-state index is 12.6. The van der Waals surface area contributed by atoms with E-state index in [-0.39, 0.29) is 23.9 Å². The van der Waals surface area contributed by atoms with Crippen LogP contribution >= 0.6 is 38.9 Å². The van der Waals surface area contributed by atoms with Crippen molar-refractivity contribution in [1.29, 1.82) is 0 Å². The van der Waals surface area contributed by atoms with E-state index in [0.29, 0.717) is 8.81 Å². The minimum Gasteiger partial charge on any atom is -0.395 e. The first-order valence-electron chi connectivity index (χ1n) is 6.05. The van der Waals surface area contributed by atoms with Crippen molar-refractivity contribution in [3.05, 3.63) is 50.8 Å². The Morgan fingerprint density at radius 1 is 1.29 bits per heavy atom. The van der Waals surface area contributed by atoms with E-state index in [2.05, 4.69) is 15.9 Å². The van der Waals surface area contributed by atoms with Crippen LogP contribution in [0.15, 0.2) is 44.4 Å². The van der Waals surface area contributed by atoms with Crippen LogP contribution in [-0.2, 0) is 16.6 Å². The summed E-state index contributed by atoms with van der Waals surface area (Å²) < 4.78 is 27.3. The molecule has 114 valence electrons. The highest BCUT2D eigenvalue weighted by Crippen LogP contribution is 2.36. The molecular formula is C13H13BrClNO3S2. The molecule has 1 N–H and O–H groups in total. The molecule has 0 aliphatic rings. The summed E-state index contributed by atoms with van der Waals surface area (Å²) in [6.07, 6.45) is 0. The molecule has 0 fully saturated rings. The second-order valence-corrected chi connectivity index (χ2v) is 9.18. The molecule has 0 bridgehead atoms. The van der Waals surface area contributed by atoms with E-state index in [0.717, 1.165) is 16.9 Å². The number of halogens is 2. The Balaban J connectivity index is 2.32. The molecule has 0 saturated heterocycles. The number of sulfonamides is 1. The van der Waals surface area contributed by atoms with Crippen LogP contribution in [0.5, 0.6) is 0 Å². The van der Waals surface area contributed by atoms with Crippen molar-refractivity contribution in [1.82, 2.24) is 4.31 Å². The summed E-state index contributed by atoms with van der Waals surface area (Å²) in [4.78, 5) is 0. The summed E-state index contributed by atoms with van der Waals surface area (Å²) >= 11 is 10.2. The molecule has 0 atom stereocenters. The summed E-state index contributed by atoms with van der Waals surface area (Å²) in [5.41, 5.74) is 0.858. The van der Waals surface area contributed by atoms with Gasteiger partial charge in [-0.2, -0.15) is 4.31 Å². The molecule has 0 radical (unpaired) electrons. The van der Waals surface area contributed by atoms with Crippen molar-refractivity contribution >= 4 is 48.9 Å². The van der Waals surface area contributed by atoms with Gasteiger partial charge in [0, 0.05) is 13.1 Å². The van der Waals surface area contributed by atoms with E-state index in [1.807, 2.05) is 30.3 Å². The molecule has 0 aliphatic carbocycles. The Labute approximate surface area is 141 Å². The van der Waals surface area contributed by atoms with Crippen LogP contribution < -0.4 is 0 Å². The number of aliphatic hydroxyl groups is 1. The van der Waals surface area contributed by atoms with Crippen molar-refractivity contribution in [3.63, 3.8) is 0 Å². The number of benzene rings is 1. The predicted molar refractivity (Wildman–Crippen MR) is 88.2 cm³/mol. The van der Waals surface area contributed by atoms with Gasteiger partial charge in [-0.05, 0) is 27.6 Å². The fourth-order valence-electron chi connectivity index (χ4n) is 1.76. The topological polar surface area (TPSA) is 57.6 Å². The number of nitrogens with zero attached hydrogens (tertiary/aromatic N) is 1. The average molecular weight is 411 g/mol. The fourth-order valence-corrected chi connectivity index (χ4v) is 5.74. The molecule has 21 heavy (non-hydrogen) atoms. The van der Waals surface area contributed by atoms with Gasteiger partial charge >= 0.3 is 0 Å². The molecule has 2 rings (SSSR count). The summed E-state index contributed by atoms with van der Waals surface area (Å²) in [6.45, 7) is -0.00637. The van der Waals surface area contributed by atoms with Gasteiger partial charge in [-0.3, -0.25) is 0 Å². The molecule has 0 spiro atoms. The molecule has 1 aromatic carbocycles. The number of thiophene rings is 1. The maximum absolute atomic E-state index is 12.6. The quantitative estimate of drug-likeness (QED) is 0.794. The van der Waals surface area contributed by atoms with Gasteiger partial charge in [-0.15, -0.1) is 11.3 Å². The van der Waals surface area contributed by atoms with E-state index >= 15 is 0 Å². The summed E-state index contributed by atoms with van der Waals surface area (Å²) in [5.74, 6) is 0. The van der Waals surface area contributed by atoms with Crippen molar-refractivity contribution in [2.45, 2.75) is 10.8 Å². The van der Waals surface area contributed by atoms with Crippen LogP contribution in [0.4, 0.5) is 0 Å². The van der Waals surface area contributed by atoms with Crippen LogP contribution in [-0.4, -0.2) is 31.0 Å². The third-order valence-electron chi connectivity index (χ3n) is 2.77. The van der Waals surface area contributed by atoms with Crippen molar-refractivity contribution in [3.8, 4) is 0 Å². The molecule has 1 aromatic heterocycles. The van der Waals surface area contributed by atoms with Gasteiger partial charge in [0.05, 0.1) is 15.4 Å². The lowest BCUT2D eigenvalue weighted by atomic mass is 10.2. The fraction of sp³-hybridized carbons (Fsp3) is 0.231. The summed E-state index contributed by atoms with van der Waals surface area (Å²) in [7, 11) is -3.69. The van der Waals surface area contributed by atoms with Gasteiger partial charge in [0.25, 0.3) is 10.0 Å². The maximum Gasteiger partial charge on any atom is 0.253 e. The second-order valence-electron chi connectivity index (χ2n) is 4.23. The lowest BCUT2D eigenvalue weighted by molar-refractivity contribution is 0.251. The Morgan fingerprint density at radius 2 is 1.95 bits per heavy atom. The Bertz CT molecular complexity index is 684. The molecule has 2 aromatic rings. The van der Waals surface area contributed by atoms with Gasteiger partial charge in [-0.1, -0.05) is 41.9 Å². The van der Waals surface area contributed by atoms with Crippen LogP contribution in [0.25, 0.3) is 0 Å². The number of hydrogen-bond acceptors (Lipinski definition) is 4. The largest absolute Gasteiger partial charge is 0.395 e. The van der Waals surface area contributed by atoms with Crippen molar-refractivity contribution in [2.75, 3.05) is 13.2 Å². The molecule has 4 nitrogen and oxygen atoms in total. The number of aliphatic hydroxyl groups excluding tert-OH is 1. The van der Waals surface area contributed by atoms with E-state index in [9.17, 15) is 8.42 Å². The van der Waals surface area contributed by atoms with Crippen LogP contribution in [0.3, 0.4) is 0 Å². The first kappa shape index (κ1) is 16.9. The minimum atomic E-state index is -3.69. The van der Waals surface area contributed by atoms with Crippen LogP contribution in [0, 0.1) is 0 Å². The summed E-state index contributed by atoms with van der Waals surface area (Å²) in [6, 6.07) is 10.7. The molecule has 1 heterocycles. The molecule has 0 amide bonds. The molecule has 0 saturated carbocycles. The average Bonchev–Trinajstić information content (AvgIpc) is 2.80. The number of rotatable bonds is 6. The highest BCUT2D eigenvalue weighted by Gasteiger charge is 2.27. The van der Waals surface area contributed by atoms with E-state index in [1.54, 1.807) is 0 Å². The molecule has 8 heteroatoms. The van der Waals surface area contributed by atoms with Crippen LogP contribution in [0.1, 0.15) is 5.56 Å². The second kappa shape index (κ2) is 7.21. The highest BCUT2D eigenvalue weighted by atomic mass is 79.9. The monoisotopic (exact) mass is 409 g/mol. The zero-order chi connectivity index (χ0) is 15.5. The minimum absolute atomic E-state index is 0.0321. The lowest BCUT2D eigenvalue weighted by Crippen LogP contribution is -2.32. The Hall–Kier alpha value is -0.440. The first-order chi connectivity index (χ1) is 9.95. The van der Waals surface area contributed by atoms with Gasteiger partial charge in [0.15, 0.2) is 0 Å². The van der Waals surface area contributed by atoms with Crippen molar-refractivity contribution < 1.29 is 13.5 Å². The predicted octanol–water partition coefficient (Wildman–Crippen LogP) is 3.35. The van der Waals surface area contributed by atoms with E-state index < -0.39 is 10.0 Å². The van der Waals surface area contributed by atoms with Gasteiger partial charge < -0.3 is 5.11 Å². The SMILES string of the molecule is O=S(=O)(c1cc(Cl)c(Br)s1)N(CCO)Cc1ccccc1. The Kier molecular flexibility index (Phi) is 5.81. The number of hydrogen-bond donors (Lipinski definition) is 1. The zero-order valence-electron chi connectivity index (χ0n) is 10.9.